The van der Waals surface area contributed by atoms with Crippen LogP contribution in [-0.2, 0) is 23.9 Å². The third kappa shape index (κ3) is 5.94. The summed E-state index contributed by atoms with van der Waals surface area (Å²) in [5.41, 5.74) is 6.60. The number of benzene rings is 4. The molecular weight excluding hydrogens is 492 g/mol. The average Bonchev–Trinajstić information content (AvgIpc) is 2.97. The highest BCUT2D eigenvalue weighted by molar-refractivity contribution is 5.45. The Morgan fingerprint density at radius 3 is 1.20 bits per heavy atom. The zero-order valence-corrected chi connectivity index (χ0v) is 24.3. The van der Waals surface area contributed by atoms with Gasteiger partial charge in [-0.15, -0.1) is 0 Å². The van der Waals surface area contributed by atoms with E-state index in [-0.39, 0.29) is 10.8 Å². The van der Waals surface area contributed by atoms with Crippen molar-refractivity contribution in [3.8, 4) is 11.5 Å². The second kappa shape index (κ2) is 11.5. The van der Waals surface area contributed by atoms with Crippen LogP contribution in [0.3, 0.4) is 0 Å². The number of piperazine rings is 1. The van der Waals surface area contributed by atoms with Gasteiger partial charge in [0.05, 0.1) is 0 Å². The van der Waals surface area contributed by atoms with Gasteiger partial charge in [-0.05, 0) is 46.5 Å². The highest BCUT2D eigenvalue weighted by atomic mass is 16.3. The monoisotopic (exact) mass is 534 g/mol. The molecule has 1 saturated heterocycles. The highest BCUT2D eigenvalue weighted by Crippen LogP contribution is 2.35. The van der Waals surface area contributed by atoms with Crippen LogP contribution < -0.4 is 0 Å². The molecule has 2 N–H and O–H groups in total. The molecule has 0 saturated carbocycles. The van der Waals surface area contributed by atoms with Gasteiger partial charge in [-0.25, -0.2) is 0 Å². The van der Waals surface area contributed by atoms with Gasteiger partial charge in [0, 0.05) is 61.2 Å². The molecule has 4 aromatic carbocycles. The molecule has 0 spiro atoms. The van der Waals surface area contributed by atoms with Crippen LogP contribution in [0.5, 0.6) is 11.5 Å². The van der Waals surface area contributed by atoms with E-state index in [1.165, 1.54) is 22.3 Å². The van der Waals surface area contributed by atoms with Gasteiger partial charge in [-0.3, -0.25) is 9.80 Å². The normalized spacial score (nSPS) is 15.3. The van der Waals surface area contributed by atoms with E-state index in [1.807, 2.05) is 36.4 Å². The summed E-state index contributed by atoms with van der Waals surface area (Å²) in [5.74, 6) is 0.718. The molecule has 1 heterocycles. The quantitative estimate of drug-likeness (QED) is 0.254. The third-order valence-electron chi connectivity index (χ3n) is 8.85. The zero-order valence-electron chi connectivity index (χ0n) is 24.3. The van der Waals surface area contributed by atoms with Gasteiger partial charge in [0.15, 0.2) is 0 Å². The van der Waals surface area contributed by atoms with Crippen molar-refractivity contribution in [2.45, 2.75) is 51.6 Å². The van der Waals surface area contributed by atoms with Gasteiger partial charge in [0.1, 0.15) is 11.5 Å². The Morgan fingerprint density at radius 2 is 0.850 bits per heavy atom. The fourth-order valence-corrected chi connectivity index (χ4v) is 5.83. The minimum Gasteiger partial charge on any atom is -0.508 e. The molecular formula is C36H42N2O2. The number of aromatic hydroxyl groups is 2. The first-order valence-corrected chi connectivity index (χ1v) is 14.3. The van der Waals surface area contributed by atoms with E-state index in [9.17, 15) is 10.2 Å². The van der Waals surface area contributed by atoms with Crippen molar-refractivity contribution >= 4 is 0 Å². The SMILES string of the molecule is CC(C)(c1ccccc1)c1ccc(O)c(CN2CCN(Cc3cc(C(C)(C)c4ccccc4)ccc3O)CC2)c1. The lowest BCUT2D eigenvalue weighted by atomic mass is 9.77. The van der Waals surface area contributed by atoms with Gasteiger partial charge in [0.25, 0.3) is 0 Å². The van der Waals surface area contributed by atoms with E-state index in [0.717, 1.165) is 50.4 Å². The van der Waals surface area contributed by atoms with Gasteiger partial charge < -0.3 is 10.2 Å². The molecule has 0 unspecified atom stereocenters. The van der Waals surface area contributed by atoms with Crippen molar-refractivity contribution in [2.24, 2.45) is 0 Å². The minimum absolute atomic E-state index is 0.145. The van der Waals surface area contributed by atoms with Gasteiger partial charge >= 0.3 is 0 Å². The summed E-state index contributed by atoms with van der Waals surface area (Å²) in [4.78, 5) is 4.83. The molecule has 0 aliphatic carbocycles. The second-order valence-electron chi connectivity index (χ2n) is 12.2. The number of hydrogen-bond donors (Lipinski definition) is 2. The maximum atomic E-state index is 10.7. The molecule has 5 rings (SSSR count). The van der Waals surface area contributed by atoms with Crippen molar-refractivity contribution in [2.75, 3.05) is 26.2 Å². The van der Waals surface area contributed by atoms with E-state index in [1.54, 1.807) is 0 Å². The molecule has 1 aliphatic rings. The van der Waals surface area contributed by atoms with Crippen LogP contribution in [0.25, 0.3) is 0 Å². The lowest BCUT2D eigenvalue weighted by Gasteiger charge is -2.35. The number of phenolic OH excluding ortho intramolecular Hbond substituents is 2. The minimum atomic E-state index is -0.145. The zero-order chi connectivity index (χ0) is 28.3. The first-order valence-electron chi connectivity index (χ1n) is 14.3. The first kappa shape index (κ1) is 27.9. The standard InChI is InChI=1S/C36H42N2O2/c1-35(2,29-11-7-5-8-12-29)31-15-17-33(39)27(23-31)25-37-19-21-38(22-20-37)26-28-24-32(16-18-34(28)40)36(3,4)30-13-9-6-10-14-30/h5-18,23-24,39-40H,19-22,25-26H2,1-4H3. The van der Waals surface area contributed by atoms with Crippen molar-refractivity contribution in [1.29, 1.82) is 0 Å². The van der Waals surface area contributed by atoms with Crippen LogP contribution >= 0.6 is 0 Å². The van der Waals surface area contributed by atoms with E-state index >= 15 is 0 Å². The smallest absolute Gasteiger partial charge is 0.120 e. The summed E-state index contributed by atoms with van der Waals surface area (Å²) >= 11 is 0. The molecule has 0 aromatic heterocycles. The fraction of sp³-hybridized carbons (Fsp3) is 0.333. The molecule has 208 valence electrons. The number of hydrogen-bond acceptors (Lipinski definition) is 4. The molecule has 4 aromatic rings. The van der Waals surface area contributed by atoms with Crippen LogP contribution in [0.2, 0.25) is 0 Å². The molecule has 1 aliphatic heterocycles. The topological polar surface area (TPSA) is 46.9 Å². The van der Waals surface area contributed by atoms with Crippen LogP contribution in [0, 0.1) is 0 Å². The molecule has 4 heteroatoms. The summed E-state index contributed by atoms with van der Waals surface area (Å²) in [6.07, 6.45) is 0. The van der Waals surface area contributed by atoms with E-state index in [0.29, 0.717) is 11.5 Å². The molecule has 0 bridgehead atoms. The maximum Gasteiger partial charge on any atom is 0.120 e. The molecule has 40 heavy (non-hydrogen) atoms. The highest BCUT2D eigenvalue weighted by Gasteiger charge is 2.26. The third-order valence-corrected chi connectivity index (χ3v) is 8.85. The van der Waals surface area contributed by atoms with Crippen LogP contribution in [0.15, 0.2) is 97.1 Å². The lowest BCUT2D eigenvalue weighted by molar-refractivity contribution is 0.120. The summed E-state index contributed by atoms with van der Waals surface area (Å²) in [6.45, 7) is 14.1. The van der Waals surface area contributed by atoms with E-state index in [4.69, 9.17) is 0 Å². The Bertz CT molecular complexity index is 1310. The van der Waals surface area contributed by atoms with Gasteiger partial charge in [0.2, 0.25) is 0 Å². The Kier molecular flexibility index (Phi) is 8.02. The van der Waals surface area contributed by atoms with Crippen molar-refractivity contribution < 1.29 is 10.2 Å². The molecule has 4 nitrogen and oxygen atoms in total. The number of nitrogens with zero attached hydrogens (tertiary/aromatic N) is 2. The van der Waals surface area contributed by atoms with Gasteiger partial charge in [-0.2, -0.15) is 0 Å². The molecule has 0 radical (unpaired) electrons. The maximum absolute atomic E-state index is 10.7. The van der Waals surface area contributed by atoms with Crippen molar-refractivity contribution in [1.82, 2.24) is 9.80 Å². The summed E-state index contributed by atoms with van der Waals surface area (Å²) < 4.78 is 0. The average molecular weight is 535 g/mol. The van der Waals surface area contributed by atoms with Crippen molar-refractivity contribution in [3.63, 3.8) is 0 Å². The number of phenols is 2. The number of rotatable bonds is 8. The summed E-state index contributed by atoms with van der Waals surface area (Å²) in [6, 6.07) is 33.2. The predicted molar refractivity (Wildman–Crippen MR) is 164 cm³/mol. The van der Waals surface area contributed by atoms with Crippen LogP contribution in [-0.4, -0.2) is 46.2 Å². The second-order valence-corrected chi connectivity index (χ2v) is 12.2. The Labute approximate surface area is 239 Å². The predicted octanol–water partition coefficient (Wildman–Crippen LogP) is 7.07. The molecule has 0 amide bonds. The largest absolute Gasteiger partial charge is 0.508 e. The fourth-order valence-electron chi connectivity index (χ4n) is 5.83. The lowest BCUT2D eigenvalue weighted by Crippen LogP contribution is -2.45. The van der Waals surface area contributed by atoms with E-state index < -0.39 is 0 Å². The summed E-state index contributed by atoms with van der Waals surface area (Å²) in [7, 11) is 0. The van der Waals surface area contributed by atoms with Gasteiger partial charge in [-0.1, -0.05) is 100 Å². The van der Waals surface area contributed by atoms with Crippen LogP contribution in [0.1, 0.15) is 61.1 Å². The first-order chi connectivity index (χ1) is 19.1. The Morgan fingerprint density at radius 1 is 0.500 bits per heavy atom. The summed E-state index contributed by atoms with van der Waals surface area (Å²) in [5, 5.41) is 21.4. The van der Waals surface area contributed by atoms with E-state index in [2.05, 4.69) is 98.2 Å². The Balaban J connectivity index is 1.23. The van der Waals surface area contributed by atoms with Crippen molar-refractivity contribution in [3.05, 3.63) is 130 Å². The Hall–Kier alpha value is -3.60. The molecule has 0 atom stereocenters. The molecule has 1 fully saturated rings. The van der Waals surface area contributed by atoms with Crippen LogP contribution in [0.4, 0.5) is 0 Å².